The van der Waals surface area contributed by atoms with Crippen LogP contribution in [0.4, 0.5) is 24.5 Å². The first kappa shape index (κ1) is 26.0. The number of rotatable bonds is 7. The van der Waals surface area contributed by atoms with Crippen molar-refractivity contribution >= 4 is 27.1 Å². The Morgan fingerprint density at radius 3 is 2.08 bits per heavy atom. The van der Waals surface area contributed by atoms with E-state index in [0.717, 1.165) is 22.8 Å². The molecule has 4 rings (SSSR count). The highest BCUT2D eigenvalue weighted by atomic mass is 32.2. The first-order chi connectivity index (χ1) is 17.6. The number of anilines is 2. The average molecular weight is 525 g/mol. The standard InChI is InChI=1S/C28H23F3N2O3S/c1-19-14-16-21(17-15-19)37(35,36)27-23(28(29,30)31)11-7-13-25(27)32-18-26(34)33-24-12-6-5-10-22(24)20-8-3-2-4-9-20/h2-17,32H,18H2,1H3,(H,33,34). The Hall–Kier alpha value is -4.11. The molecule has 37 heavy (non-hydrogen) atoms. The molecule has 0 aliphatic heterocycles. The fourth-order valence-corrected chi connectivity index (χ4v) is 5.49. The van der Waals surface area contributed by atoms with E-state index >= 15 is 0 Å². The number of nitrogens with one attached hydrogen (secondary N) is 2. The van der Waals surface area contributed by atoms with E-state index in [0.29, 0.717) is 11.8 Å². The quantitative estimate of drug-likeness (QED) is 0.287. The van der Waals surface area contributed by atoms with E-state index < -0.39 is 38.9 Å². The molecule has 0 fully saturated rings. The molecule has 1 amide bonds. The van der Waals surface area contributed by atoms with Gasteiger partial charge in [-0.25, -0.2) is 8.42 Å². The van der Waals surface area contributed by atoms with Gasteiger partial charge in [-0.2, -0.15) is 13.2 Å². The summed E-state index contributed by atoms with van der Waals surface area (Å²) in [4.78, 5) is 11.6. The molecule has 0 bridgehead atoms. The molecule has 0 aliphatic rings. The number of sulfone groups is 1. The van der Waals surface area contributed by atoms with Crippen LogP contribution in [0.2, 0.25) is 0 Å². The SMILES string of the molecule is Cc1ccc(S(=O)(=O)c2c(NCC(=O)Nc3ccccc3-c3ccccc3)cccc2C(F)(F)F)cc1. The molecule has 0 spiro atoms. The van der Waals surface area contributed by atoms with Crippen LogP contribution in [0, 0.1) is 6.92 Å². The smallest absolute Gasteiger partial charge is 0.375 e. The highest BCUT2D eigenvalue weighted by Gasteiger charge is 2.39. The van der Waals surface area contributed by atoms with E-state index in [1.54, 1.807) is 19.1 Å². The maximum atomic E-state index is 13.9. The van der Waals surface area contributed by atoms with E-state index in [1.807, 2.05) is 42.5 Å². The highest BCUT2D eigenvalue weighted by molar-refractivity contribution is 7.91. The number of hydrogen-bond acceptors (Lipinski definition) is 4. The number of carbonyl (C=O) groups is 1. The molecule has 0 saturated heterocycles. The molecule has 4 aromatic rings. The van der Waals surface area contributed by atoms with Crippen LogP contribution >= 0.6 is 0 Å². The van der Waals surface area contributed by atoms with E-state index in [-0.39, 0.29) is 10.6 Å². The molecule has 5 nitrogen and oxygen atoms in total. The maximum absolute atomic E-state index is 13.9. The number of amides is 1. The van der Waals surface area contributed by atoms with Gasteiger partial charge in [0.15, 0.2) is 0 Å². The summed E-state index contributed by atoms with van der Waals surface area (Å²) in [5.74, 6) is -0.556. The van der Waals surface area contributed by atoms with Crippen molar-refractivity contribution < 1.29 is 26.4 Å². The molecule has 0 aromatic heterocycles. The average Bonchev–Trinajstić information content (AvgIpc) is 2.88. The minimum absolute atomic E-state index is 0.279. The summed E-state index contributed by atoms with van der Waals surface area (Å²) < 4.78 is 68.2. The zero-order chi connectivity index (χ0) is 26.6. The number of benzene rings is 4. The molecule has 2 N–H and O–H groups in total. The van der Waals surface area contributed by atoms with Gasteiger partial charge in [0, 0.05) is 11.3 Å². The van der Waals surface area contributed by atoms with Gasteiger partial charge in [-0.05, 0) is 42.8 Å². The van der Waals surface area contributed by atoms with Crippen molar-refractivity contribution in [1.82, 2.24) is 0 Å². The van der Waals surface area contributed by atoms with E-state index in [1.165, 1.54) is 30.3 Å². The first-order valence-corrected chi connectivity index (χ1v) is 12.8. The van der Waals surface area contributed by atoms with Crippen LogP contribution < -0.4 is 10.6 Å². The lowest BCUT2D eigenvalue weighted by molar-refractivity contribution is -0.139. The number of para-hydroxylation sites is 1. The van der Waals surface area contributed by atoms with Crippen LogP contribution in [0.15, 0.2) is 107 Å². The van der Waals surface area contributed by atoms with Crippen LogP contribution in [0.5, 0.6) is 0 Å². The second-order valence-corrected chi connectivity index (χ2v) is 10.2. The van der Waals surface area contributed by atoms with Gasteiger partial charge in [-0.3, -0.25) is 4.79 Å². The Morgan fingerprint density at radius 2 is 1.41 bits per heavy atom. The molecule has 4 aromatic carbocycles. The third-order valence-corrected chi connectivity index (χ3v) is 7.52. The number of carbonyl (C=O) groups excluding carboxylic acids is 1. The van der Waals surface area contributed by atoms with Gasteiger partial charge in [-0.1, -0.05) is 72.3 Å². The van der Waals surface area contributed by atoms with Crippen LogP contribution in [0.25, 0.3) is 11.1 Å². The number of alkyl halides is 3. The summed E-state index contributed by atoms with van der Waals surface area (Å²) in [5.41, 5.74) is 1.27. The van der Waals surface area contributed by atoms with Gasteiger partial charge < -0.3 is 10.6 Å². The minimum Gasteiger partial charge on any atom is -0.375 e. The molecule has 0 radical (unpaired) electrons. The second-order valence-electron chi connectivity index (χ2n) is 8.31. The van der Waals surface area contributed by atoms with E-state index in [2.05, 4.69) is 10.6 Å². The molecule has 0 unspecified atom stereocenters. The van der Waals surface area contributed by atoms with Crippen molar-refractivity contribution in [2.45, 2.75) is 22.9 Å². The topological polar surface area (TPSA) is 75.3 Å². The van der Waals surface area contributed by atoms with Gasteiger partial charge in [0.1, 0.15) is 4.90 Å². The summed E-state index contributed by atoms with van der Waals surface area (Å²) >= 11 is 0. The summed E-state index contributed by atoms with van der Waals surface area (Å²) in [5, 5.41) is 5.35. The largest absolute Gasteiger partial charge is 0.417 e. The van der Waals surface area contributed by atoms with Gasteiger partial charge in [0.2, 0.25) is 15.7 Å². The second kappa shape index (κ2) is 10.5. The Bertz CT molecular complexity index is 1520. The molecular formula is C28H23F3N2O3S. The van der Waals surface area contributed by atoms with Gasteiger partial charge in [0.25, 0.3) is 0 Å². The predicted molar refractivity (Wildman–Crippen MR) is 137 cm³/mol. The Kier molecular flexibility index (Phi) is 7.35. The van der Waals surface area contributed by atoms with Crippen molar-refractivity contribution in [3.05, 3.63) is 108 Å². The summed E-state index contributed by atoms with van der Waals surface area (Å²) in [7, 11) is -4.56. The van der Waals surface area contributed by atoms with Crippen molar-refractivity contribution in [1.29, 1.82) is 0 Å². The predicted octanol–water partition coefficient (Wildman–Crippen LogP) is 6.56. The van der Waals surface area contributed by atoms with Crippen LogP contribution in [0.1, 0.15) is 11.1 Å². The van der Waals surface area contributed by atoms with Crippen LogP contribution in [0.3, 0.4) is 0 Å². The third-order valence-electron chi connectivity index (χ3n) is 5.65. The lowest BCUT2D eigenvalue weighted by atomic mass is 10.0. The molecule has 0 heterocycles. The first-order valence-electron chi connectivity index (χ1n) is 11.3. The lowest BCUT2D eigenvalue weighted by Gasteiger charge is -2.18. The molecule has 0 atom stereocenters. The molecule has 0 saturated carbocycles. The van der Waals surface area contributed by atoms with Crippen molar-refractivity contribution in [3.63, 3.8) is 0 Å². The van der Waals surface area contributed by atoms with Crippen LogP contribution in [-0.4, -0.2) is 20.9 Å². The van der Waals surface area contributed by atoms with Crippen LogP contribution in [-0.2, 0) is 20.8 Å². The van der Waals surface area contributed by atoms with Gasteiger partial charge in [-0.15, -0.1) is 0 Å². The zero-order valence-electron chi connectivity index (χ0n) is 19.7. The molecule has 9 heteroatoms. The Morgan fingerprint density at radius 1 is 0.784 bits per heavy atom. The summed E-state index contributed by atoms with van der Waals surface area (Å²) in [6, 6.07) is 25.0. The zero-order valence-corrected chi connectivity index (χ0v) is 20.5. The van der Waals surface area contributed by atoms with Gasteiger partial charge >= 0.3 is 6.18 Å². The van der Waals surface area contributed by atoms with E-state index in [4.69, 9.17) is 0 Å². The Labute approximate surface area is 212 Å². The minimum atomic E-state index is -4.93. The molecule has 190 valence electrons. The Balaban J connectivity index is 1.64. The number of hydrogen-bond donors (Lipinski definition) is 2. The lowest BCUT2D eigenvalue weighted by Crippen LogP contribution is -2.24. The van der Waals surface area contributed by atoms with Crippen molar-refractivity contribution in [3.8, 4) is 11.1 Å². The van der Waals surface area contributed by atoms with Crippen molar-refractivity contribution in [2.75, 3.05) is 17.2 Å². The summed E-state index contributed by atoms with van der Waals surface area (Å²) in [6.07, 6.45) is -4.93. The van der Waals surface area contributed by atoms with E-state index in [9.17, 15) is 26.4 Å². The van der Waals surface area contributed by atoms with Gasteiger partial charge in [0.05, 0.1) is 22.7 Å². The third kappa shape index (κ3) is 5.83. The highest BCUT2D eigenvalue weighted by Crippen LogP contribution is 2.40. The monoisotopic (exact) mass is 524 g/mol. The molecule has 0 aliphatic carbocycles. The molecular weight excluding hydrogens is 501 g/mol. The normalized spacial score (nSPS) is 11.7. The fraction of sp³-hybridized carbons (Fsp3) is 0.107. The maximum Gasteiger partial charge on any atom is 0.417 e. The number of aryl methyl sites for hydroxylation is 1. The fourth-order valence-electron chi connectivity index (χ4n) is 3.86. The number of halogens is 3. The van der Waals surface area contributed by atoms with Crippen molar-refractivity contribution in [2.24, 2.45) is 0 Å². The summed E-state index contributed by atoms with van der Waals surface area (Å²) in [6.45, 7) is 1.28.